The van der Waals surface area contributed by atoms with Gasteiger partial charge in [-0.15, -0.1) is 0 Å². The van der Waals surface area contributed by atoms with Crippen LogP contribution in [0, 0.1) is 0 Å². The van der Waals surface area contributed by atoms with Crippen LogP contribution in [0.2, 0.25) is 0 Å². The zero-order valence-corrected chi connectivity index (χ0v) is 12.9. The molecule has 1 N–H and O–H groups in total. The molecule has 5 heteroatoms. The quantitative estimate of drug-likeness (QED) is 0.845. The molecule has 1 aromatic rings. The Morgan fingerprint density at radius 2 is 1.95 bits per heavy atom. The molecule has 0 saturated heterocycles. The number of halogens is 1. The van der Waals surface area contributed by atoms with Crippen molar-refractivity contribution in [1.82, 2.24) is 5.32 Å². The van der Waals surface area contributed by atoms with Crippen LogP contribution in [-0.4, -0.2) is 24.0 Å². The molecule has 19 heavy (non-hydrogen) atoms. The van der Waals surface area contributed by atoms with Crippen molar-refractivity contribution in [3.05, 3.63) is 34.3 Å². The van der Waals surface area contributed by atoms with Crippen LogP contribution >= 0.6 is 15.9 Å². The number of hydrogen-bond donors (Lipinski definition) is 1. The Morgan fingerprint density at radius 1 is 1.32 bits per heavy atom. The molecule has 0 unspecified atom stereocenters. The molecular formula is C14H18BrNO3. The fraction of sp³-hybridized carbons (Fsp3) is 0.429. The molecule has 0 aliphatic carbocycles. The predicted octanol–water partition coefficient (Wildman–Crippen LogP) is 2.45. The van der Waals surface area contributed by atoms with E-state index in [9.17, 15) is 9.59 Å². The summed E-state index contributed by atoms with van der Waals surface area (Å²) in [4.78, 5) is 23.6. The Kier molecular flexibility index (Phi) is 5.54. The van der Waals surface area contributed by atoms with Gasteiger partial charge in [0, 0.05) is 4.47 Å². The lowest BCUT2D eigenvalue weighted by Gasteiger charge is -2.23. The lowest BCUT2D eigenvalue weighted by molar-refractivity contribution is -0.151. The number of amides is 1. The molecule has 0 aliphatic rings. The maximum atomic E-state index is 11.9. The molecule has 4 nitrogen and oxygen atoms in total. The molecule has 0 heterocycles. The van der Waals surface area contributed by atoms with Gasteiger partial charge >= 0.3 is 5.97 Å². The van der Waals surface area contributed by atoms with Crippen molar-refractivity contribution in [3.8, 4) is 0 Å². The molecule has 0 radical (unpaired) electrons. The van der Waals surface area contributed by atoms with Crippen LogP contribution in [-0.2, 0) is 20.7 Å². The van der Waals surface area contributed by atoms with Gasteiger partial charge in [0.25, 0.3) is 0 Å². The highest BCUT2D eigenvalue weighted by molar-refractivity contribution is 9.10. The minimum Gasteiger partial charge on any atom is -0.464 e. The first kappa shape index (κ1) is 15.7. The maximum Gasteiger partial charge on any atom is 0.331 e. The Balaban J connectivity index is 2.65. The van der Waals surface area contributed by atoms with Crippen molar-refractivity contribution in [1.29, 1.82) is 0 Å². The van der Waals surface area contributed by atoms with E-state index in [0.717, 1.165) is 10.0 Å². The fourth-order valence-electron chi connectivity index (χ4n) is 1.57. The minimum atomic E-state index is -1.02. The van der Waals surface area contributed by atoms with Gasteiger partial charge in [0.15, 0.2) is 0 Å². The van der Waals surface area contributed by atoms with Crippen LogP contribution in [0.5, 0.6) is 0 Å². The summed E-state index contributed by atoms with van der Waals surface area (Å²) < 4.78 is 5.79. The number of benzene rings is 1. The largest absolute Gasteiger partial charge is 0.464 e. The average Bonchev–Trinajstić information content (AvgIpc) is 2.31. The summed E-state index contributed by atoms with van der Waals surface area (Å²) in [6.07, 6.45) is 0.213. The molecule has 0 bridgehead atoms. The standard InChI is InChI=1S/C14H18BrNO3/c1-4-19-13(18)14(2,3)16-12(17)9-10-7-5-6-8-11(10)15/h5-8H,4,9H2,1-3H3,(H,16,17). The molecule has 1 amide bonds. The summed E-state index contributed by atoms with van der Waals surface area (Å²) in [5.41, 5.74) is -0.145. The monoisotopic (exact) mass is 327 g/mol. The molecule has 0 aromatic heterocycles. The molecule has 0 aliphatic heterocycles. The summed E-state index contributed by atoms with van der Waals surface area (Å²) in [5, 5.41) is 2.68. The topological polar surface area (TPSA) is 55.4 Å². The molecular weight excluding hydrogens is 310 g/mol. The normalized spacial score (nSPS) is 10.9. The molecule has 0 saturated carbocycles. The number of carbonyl (C=O) groups is 2. The van der Waals surface area contributed by atoms with Crippen LogP contribution in [0.4, 0.5) is 0 Å². The number of nitrogens with one attached hydrogen (secondary N) is 1. The number of ether oxygens (including phenoxy) is 1. The van der Waals surface area contributed by atoms with Gasteiger partial charge in [-0.1, -0.05) is 34.1 Å². The van der Waals surface area contributed by atoms with E-state index in [0.29, 0.717) is 6.61 Å². The van der Waals surface area contributed by atoms with Gasteiger partial charge in [0.1, 0.15) is 5.54 Å². The number of esters is 1. The average molecular weight is 328 g/mol. The summed E-state index contributed by atoms with van der Waals surface area (Å²) in [6, 6.07) is 7.48. The summed E-state index contributed by atoms with van der Waals surface area (Å²) in [5.74, 6) is -0.652. The van der Waals surface area contributed by atoms with E-state index in [1.54, 1.807) is 20.8 Å². The second-order valence-electron chi connectivity index (χ2n) is 4.66. The highest BCUT2D eigenvalue weighted by Gasteiger charge is 2.30. The van der Waals surface area contributed by atoms with Crippen LogP contribution in [0.3, 0.4) is 0 Å². The van der Waals surface area contributed by atoms with Gasteiger partial charge in [-0.05, 0) is 32.4 Å². The van der Waals surface area contributed by atoms with Crippen molar-refractivity contribution >= 4 is 27.8 Å². The zero-order chi connectivity index (χ0) is 14.5. The van der Waals surface area contributed by atoms with Gasteiger partial charge in [-0.25, -0.2) is 4.79 Å². The smallest absolute Gasteiger partial charge is 0.331 e. The van der Waals surface area contributed by atoms with Crippen molar-refractivity contribution < 1.29 is 14.3 Å². The van der Waals surface area contributed by atoms with Gasteiger partial charge in [-0.3, -0.25) is 4.79 Å². The Hall–Kier alpha value is -1.36. The van der Waals surface area contributed by atoms with Crippen LogP contribution < -0.4 is 5.32 Å². The van der Waals surface area contributed by atoms with Crippen molar-refractivity contribution in [2.75, 3.05) is 6.61 Å². The Labute approximate surface area is 121 Å². The third kappa shape index (κ3) is 4.67. The fourth-order valence-corrected chi connectivity index (χ4v) is 1.99. The van der Waals surface area contributed by atoms with E-state index in [1.807, 2.05) is 24.3 Å². The van der Waals surface area contributed by atoms with Crippen LogP contribution in [0.15, 0.2) is 28.7 Å². The molecule has 0 atom stereocenters. The van der Waals surface area contributed by atoms with Crippen molar-refractivity contribution in [3.63, 3.8) is 0 Å². The summed E-state index contributed by atoms with van der Waals surface area (Å²) in [7, 11) is 0. The number of carbonyl (C=O) groups excluding carboxylic acids is 2. The SMILES string of the molecule is CCOC(=O)C(C)(C)NC(=O)Cc1ccccc1Br. The second-order valence-corrected chi connectivity index (χ2v) is 5.52. The summed E-state index contributed by atoms with van der Waals surface area (Å²) >= 11 is 3.39. The lowest BCUT2D eigenvalue weighted by atomic mass is 10.0. The van der Waals surface area contributed by atoms with Crippen molar-refractivity contribution in [2.24, 2.45) is 0 Å². The molecule has 104 valence electrons. The van der Waals surface area contributed by atoms with E-state index >= 15 is 0 Å². The lowest BCUT2D eigenvalue weighted by Crippen LogP contribution is -2.51. The first-order chi connectivity index (χ1) is 8.86. The first-order valence-electron chi connectivity index (χ1n) is 6.08. The van der Waals surface area contributed by atoms with E-state index < -0.39 is 11.5 Å². The summed E-state index contributed by atoms with van der Waals surface area (Å²) in [6.45, 7) is 5.28. The van der Waals surface area contributed by atoms with Gasteiger partial charge in [-0.2, -0.15) is 0 Å². The van der Waals surface area contributed by atoms with Gasteiger partial charge in [0.2, 0.25) is 5.91 Å². The highest BCUT2D eigenvalue weighted by Crippen LogP contribution is 2.16. The molecule has 1 aromatic carbocycles. The van der Waals surface area contributed by atoms with Gasteiger partial charge < -0.3 is 10.1 Å². The van der Waals surface area contributed by atoms with E-state index in [4.69, 9.17) is 4.74 Å². The maximum absolute atomic E-state index is 11.9. The Bertz CT molecular complexity index is 472. The highest BCUT2D eigenvalue weighted by atomic mass is 79.9. The molecule has 0 fully saturated rings. The number of rotatable bonds is 5. The zero-order valence-electron chi connectivity index (χ0n) is 11.3. The molecule has 1 rings (SSSR count). The minimum absolute atomic E-state index is 0.213. The van der Waals surface area contributed by atoms with E-state index in [1.165, 1.54) is 0 Å². The van der Waals surface area contributed by atoms with Crippen LogP contribution in [0.25, 0.3) is 0 Å². The second kappa shape index (κ2) is 6.70. The van der Waals surface area contributed by atoms with Gasteiger partial charge in [0.05, 0.1) is 13.0 Å². The first-order valence-corrected chi connectivity index (χ1v) is 6.87. The van der Waals surface area contributed by atoms with Crippen LogP contribution in [0.1, 0.15) is 26.3 Å². The third-order valence-corrected chi connectivity index (χ3v) is 3.32. The van der Waals surface area contributed by atoms with E-state index in [-0.39, 0.29) is 12.3 Å². The van der Waals surface area contributed by atoms with E-state index in [2.05, 4.69) is 21.2 Å². The predicted molar refractivity (Wildman–Crippen MR) is 76.7 cm³/mol. The third-order valence-electron chi connectivity index (χ3n) is 2.55. The van der Waals surface area contributed by atoms with Crippen molar-refractivity contribution in [2.45, 2.75) is 32.7 Å². The molecule has 0 spiro atoms. The Morgan fingerprint density at radius 3 is 2.53 bits per heavy atom. The number of hydrogen-bond acceptors (Lipinski definition) is 3.